The van der Waals surface area contributed by atoms with Gasteiger partial charge in [-0.3, -0.25) is 4.79 Å². The Morgan fingerprint density at radius 3 is 2.58 bits per heavy atom. The van der Waals surface area contributed by atoms with Crippen LogP contribution in [0.15, 0.2) is 85.3 Å². The van der Waals surface area contributed by atoms with E-state index < -0.39 is 0 Å². The molecule has 0 fully saturated rings. The summed E-state index contributed by atoms with van der Waals surface area (Å²) in [7, 11) is 1.60. The summed E-state index contributed by atoms with van der Waals surface area (Å²) in [5.74, 6) is 1.72. The molecule has 0 aliphatic heterocycles. The SMILES string of the molecule is COc1cc(CNC(=O)c2ccc(-n3cccn3)nc2)ccc1OCc1ccccc1. The lowest BCUT2D eigenvalue weighted by Crippen LogP contribution is -2.23. The number of pyridine rings is 1. The van der Waals surface area contributed by atoms with Crippen LogP contribution in [0.5, 0.6) is 11.5 Å². The molecule has 4 aromatic rings. The largest absolute Gasteiger partial charge is 0.493 e. The van der Waals surface area contributed by atoms with Gasteiger partial charge in [-0.1, -0.05) is 36.4 Å². The van der Waals surface area contributed by atoms with Crippen molar-refractivity contribution >= 4 is 5.91 Å². The molecule has 0 radical (unpaired) electrons. The Balaban J connectivity index is 1.36. The lowest BCUT2D eigenvalue weighted by molar-refractivity contribution is 0.0950. The van der Waals surface area contributed by atoms with E-state index in [2.05, 4.69) is 15.4 Å². The minimum absolute atomic E-state index is 0.206. The van der Waals surface area contributed by atoms with E-state index in [-0.39, 0.29) is 5.91 Å². The van der Waals surface area contributed by atoms with Crippen LogP contribution in [0.2, 0.25) is 0 Å². The number of methoxy groups -OCH3 is 1. The zero-order valence-electron chi connectivity index (χ0n) is 17.1. The maximum absolute atomic E-state index is 12.5. The van der Waals surface area contributed by atoms with E-state index in [0.717, 1.165) is 11.1 Å². The third-order valence-electron chi connectivity index (χ3n) is 4.67. The predicted molar refractivity (Wildman–Crippen MR) is 116 cm³/mol. The Kier molecular flexibility index (Phi) is 6.23. The molecule has 1 amide bonds. The lowest BCUT2D eigenvalue weighted by atomic mass is 10.2. The molecule has 0 spiro atoms. The average molecular weight is 414 g/mol. The average Bonchev–Trinajstić information content (AvgIpc) is 3.37. The van der Waals surface area contributed by atoms with Gasteiger partial charge in [0.1, 0.15) is 6.61 Å². The first-order valence-corrected chi connectivity index (χ1v) is 9.81. The fraction of sp³-hybridized carbons (Fsp3) is 0.125. The highest BCUT2D eigenvalue weighted by atomic mass is 16.5. The Morgan fingerprint density at radius 2 is 1.87 bits per heavy atom. The van der Waals surface area contributed by atoms with E-state index in [9.17, 15) is 4.79 Å². The molecule has 0 aliphatic carbocycles. The molecule has 0 unspecified atom stereocenters. The summed E-state index contributed by atoms with van der Waals surface area (Å²) in [6.45, 7) is 0.809. The van der Waals surface area contributed by atoms with E-state index in [4.69, 9.17) is 9.47 Å². The lowest BCUT2D eigenvalue weighted by Gasteiger charge is -2.13. The summed E-state index contributed by atoms with van der Waals surface area (Å²) in [6, 6.07) is 20.8. The van der Waals surface area contributed by atoms with Gasteiger partial charge in [-0.2, -0.15) is 5.10 Å². The molecule has 7 heteroatoms. The highest BCUT2D eigenvalue weighted by Gasteiger charge is 2.10. The second-order valence-corrected chi connectivity index (χ2v) is 6.80. The number of ether oxygens (including phenoxy) is 2. The highest BCUT2D eigenvalue weighted by molar-refractivity contribution is 5.93. The molecule has 0 saturated carbocycles. The number of carbonyl (C=O) groups is 1. The maximum atomic E-state index is 12.5. The fourth-order valence-electron chi connectivity index (χ4n) is 3.02. The zero-order chi connectivity index (χ0) is 21.5. The first-order valence-electron chi connectivity index (χ1n) is 9.81. The highest BCUT2D eigenvalue weighted by Crippen LogP contribution is 2.28. The number of amides is 1. The third-order valence-corrected chi connectivity index (χ3v) is 4.67. The Hall–Kier alpha value is -4.13. The van der Waals surface area contributed by atoms with Crippen LogP contribution >= 0.6 is 0 Å². The summed E-state index contributed by atoms with van der Waals surface area (Å²) in [6.07, 6.45) is 5.00. The van der Waals surface area contributed by atoms with E-state index in [1.165, 1.54) is 6.20 Å². The molecule has 2 heterocycles. The van der Waals surface area contributed by atoms with E-state index in [1.54, 1.807) is 36.3 Å². The van der Waals surface area contributed by atoms with Crippen molar-refractivity contribution in [3.8, 4) is 17.3 Å². The van der Waals surface area contributed by atoms with Crippen LogP contribution in [0.4, 0.5) is 0 Å². The van der Waals surface area contributed by atoms with Gasteiger partial charge in [-0.15, -0.1) is 0 Å². The van der Waals surface area contributed by atoms with Crippen LogP contribution in [-0.2, 0) is 13.2 Å². The van der Waals surface area contributed by atoms with Crippen molar-refractivity contribution in [2.75, 3.05) is 7.11 Å². The van der Waals surface area contributed by atoms with Gasteiger partial charge >= 0.3 is 0 Å². The van der Waals surface area contributed by atoms with Gasteiger partial charge in [0, 0.05) is 25.1 Å². The van der Waals surface area contributed by atoms with E-state index >= 15 is 0 Å². The molecule has 7 nitrogen and oxygen atoms in total. The third kappa shape index (κ3) is 5.08. The Morgan fingerprint density at radius 1 is 1.00 bits per heavy atom. The maximum Gasteiger partial charge on any atom is 0.253 e. The van der Waals surface area contributed by atoms with Gasteiger partial charge in [-0.05, 0) is 41.5 Å². The Labute approximate surface area is 180 Å². The molecule has 1 N–H and O–H groups in total. The predicted octanol–water partition coefficient (Wildman–Crippen LogP) is 3.78. The zero-order valence-corrected chi connectivity index (χ0v) is 17.1. The summed E-state index contributed by atoms with van der Waals surface area (Å²) in [5.41, 5.74) is 2.46. The summed E-state index contributed by atoms with van der Waals surface area (Å²) in [5, 5.41) is 7.02. The number of nitrogens with one attached hydrogen (secondary N) is 1. The van der Waals surface area contributed by atoms with Crippen molar-refractivity contribution in [3.63, 3.8) is 0 Å². The van der Waals surface area contributed by atoms with E-state index in [1.807, 2.05) is 54.6 Å². The van der Waals surface area contributed by atoms with Gasteiger partial charge in [0.15, 0.2) is 17.3 Å². The molecule has 0 atom stereocenters. The van der Waals surface area contributed by atoms with Crippen molar-refractivity contribution in [1.29, 1.82) is 0 Å². The molecule has 2 aromatic carbocycles. The summed E-state index contributed by atoms with van der Waals surface area (Å²) in [4.78, 5) is 16.8. The van der Waals surface area contributed by atoms with Gasteiger partial charge in [0.05, 0.1) is 12.7 Å². The van der Waals surface area contributed by atoms with Crippen molar-refractivity contribution in [2.24, 2.45) is 0 Å². The summed E-state index contributed by atoms with van der Waals surface area (Å²) < 4.78 is 13.0. The number of nitrogens with zero attached hydrogens (tertiary/aromatic N) is 3. The summed E-state index contributed by atoms with van der Waals surface area (Å²) >= 11 is 0. The molecule has 0 saturated heterocycles. The van der Waals surface area contributed by atoms with Crippen molar-refractivity contribution in [2.45, 2.75) is 13.2 Å². The normalized spacial score (nSPS) is 10.5. The van der Waals surface area contributed by atoms with Crippen molar-refractivity contribution in [1.82, 2.24) is 20.1 Å². The standard InChI is InChI=1S/C24H22N4O3/c1-30-22-14-19(8-10-21(22)31-17-18-6-3-2-4-7-18)15-26-24(29)20-9-11-23(25-16-20)28-13-5-12-27-28/h2-14,16H,15,17H2,1H3,(H,26,29). The molecule has 31 heavy (non-hydrogen) atoms. The van der Waals surface area contributed by atoms with Gasteiger partial charge in [0.25, 0.3) is 5.91 Å². The molecule has 2 aromatic heterocycles. The molecule has 4 rings (SSSR count). The minimum Gasteiger partial charge on any atom is -0.493 e. The van der Waals surface area contributed by atoms with Crippen LogP contribution in [0, 0.1) is 0 Å². The molecule has 0 aliphatic rings. The Bertz CT molecular complexity index is 1130. The quantitative estimate of drug-likeness (QED) is 0.475. The van der Waals surface area contributed by atoms with E-state index in [0.29, 0.717) is 36.0 Å². The van der Waals surface area contributed by atoms with Crippen LogP contribution in [0.3, 0.4) is 0 Å². The number of carbonyl (C=O) groups excluding carboxylic acids is 1. The van der Waals surface area contributed by atoms with Crippen LogP contribution in [0.25, 0.3) is 5.82 Å². The first-order chi connectivity index (χ1) is 15.2. The van der Waals surface area contributed by atoms with Gasteiger partial charge in [0.2, 0.25) is 0 Å². The number of hydrogen-bond donors (Lipinski definition) is 1. The van der Waals surface area contributed by atoms with Crippen molar-refractivity contribution < 1.29 is 14.3 Å². The topological polar surface area (TPSA) is 78.3 Å². The molecular weight excluding hydrogens is 392 g/mol. The van der Waals surface area contributed by atoms with Crippen LogP contribution < -0.4 is 14.8 Å². The number of benzene rings is 2. The second kappa shape index (κ2) is 9.58. The monoisotopic (exact) mass is 414 g/mol. The van der Waals surface area contributed by atoms with Crippen LogP contribution in [-0.4, -0.2) is 27.8 Å². The smallest absolute Gasteiger partial charge is 0.253 e. The van der Waals surface area contributed by atoms with Gasteiger partial charge < -0.3 is 14.8 Å². The van der Waals surface area contributed by atoms with Crippen LogP contribution in [0.1, 0.15) is 21.5 Å². The molecule has 156 valence electrons. The van der Waals surface area contributed by atoms with Crippen molar-refractivity contribution in [3.05, 3.63) is 102 Å². The minimum atomic E-state index is -0.206. The second-order valence-electron chi connectivity index (χ2n) is 6.80. The molecular formula is C24H22N4O3. The molecule has 0 bridgehead atoms. The van der Waals surface area contributed by atoms with Gasteiger partial charge in [-0.25, -0.2) is 9.67 Å². The number of rotatable bonds is 8. The fourth-order valence-corrected chi connectivity index (χ4v) is 3.02. The number of aromatic nitrogens is 3. The number of hydrogen-bond acceptors (Lipinski definition) is 5. The first kappa shape index (κ1) is 20.2.